The molecule has 16 heavy (non-hydrogen) atoms. The molecule has 2 nitrogen and oxygen atoms in total. The van der Waals surface area contributed by atoms with Crippen LogP contribution in [0.4, 0.5) is 0 Å². The van der Waals surface area contributed by atoms with Gasteiger partial charge in [-0.05, 0) is 56.4 Å². The molecule has 0 aliphatic heterocycles. The summed E-state index contributed by atoms with van der Waals surface area (Å²) in [6.45, 7) is 9.77. The summed E-state index contributed by atoms with van der Waals surface area (Å²) in [5.74, 6) is 0.341. The van der Waals surface area contributed by atoms with E-state index >= 15 is 0 Å². The van der Waals surface area contributed by atoms with Crippen LogP contribution in [-0.2, 0) is 6.42 Å². The third-order valence-electron chi connectivity index (χ3n) is 2.53. The fourth-order valence-electron chi connectivity index (χ4n) is 1.43. The van der Waals surface area contributed by atoms with Crippen LogP contribution in [0.5, 0.6) is 5.75 Å². The second-order valence-electron chi connectivity index (χ2n) is 3.95. The molecule has 1 rings (SSSR count). The number of phenols is 1. The number of rotatable bonds is 3. The van der Waals surface area contributed by atoms with Gasteiger partial charge in [-0.15, -0.1) is 0 Å². The molecule has 0 amide bonds. The van der Waals surface area contributed by atoms with Gasteiger partial charge >= 0.3 is 0 Å². The summed E-state index contributed by atoms with van der Waals surface area (Å²) in [6.07, 6.45) is 1.11. The Labute approximate surface area is 98.9 Å². The van der Waals surface area contributed by atoms with Gasteiger partial charge < -0.3 is 10.2 Å². The molecule has 0 saturated carbocycles. The van der Waals surface area contributed by atoms with E-state index in [0.717, 1.165) is 17.5 Å². The first-order valence-electron chi connectivity index (χ1n) is 5.98. The zero-order valence-corrected chi connectivity index (χ0v) is 11.0. The maximum Gasteiger partial charge on any atom is 0.119 e. The van der Waals surface area contributed by atoms with Crippen molar-refractivity contribution in [1.29, 1.82) is 0 Å². The highest BCUT2D eigenvalue weighted by Crippen LogP contribution is 2.23. The third-order valence-corrected chi connectivity index (χ3v) is 2.53. The minimum absolute atomic E-state index is 0.309. The van der Waals surface area contributed by atoms with Crippen LogP contribution in [0, 0.1) is 13.8 Å². The Morgan fingerprint density at radius 1 is 1.12 bits per heavy atom. The zero-order valence-electron chi connectivity index (χ0n) is 11.0. The van der Waals surface area contributed by atoms with Crippen LogP contribution in [0.1, 0.15) is 43.9 Å². The smallest absolute Gasteiger partial charge is 0.119 e. The van der Waals surface area contributed by atoms with Crippen molar-refractivity contribution in [2.45, 2.75) is 53.6 Å². The topological polar surface area (TPSA) is 40.5 Å². The molecular weight excluding hydrogens is 200 g/mol. The summed E-state index contributed by atoms with van der Waals surface area (Å²) in [6, 6.07) is 3.78. The maximum absolute atomic E-state index is 9.65. The largest absolute Gasteiger partial charge is 0.508 e. The van der Waals surface area contributed by atoms with E-state index in [4.69, 9.17) is 5.11 Å². The van der Waals surface area contributed by atoms with Gasteiger partial charge in [-0.1, -0.05) is 19.9 Å². The Kier molecular flexibility index (Phi) is 6.82. The number of phenolic OH excluding ortho intramolecular Hbond substituents is 1. The number of hydrogen-bond donors (Lipinski definition) is 2. The highest BCUT2D eigenvalue weighted by atomic mass is 16.3. The number of aliphatic hydroxyl groups is 1. The van der Waals surface area contributed by atoms with Gasteiger partial charge in [0.25, 0.3) is 0 Å². The Balaban J connectivity index is 0.00000106. The van der Waals surface area contributed by atoms with Crippen LogP contribution in [-0.4, -0.2) is 16.3 Å². The summed E-state index contributed by atoms with van der Waals surface area (Å²) in [7, 11) is 0. The fraction of sp³-hybridized carbons (Fsp3) is 0.571. The SMILES string of the molecule is CC.Cc1cc(O)c(CCC(C)O)cc1C. The monoisotopic (exact) mass is 224 g/mol. The lowest BCUT2D eigenvalue weighted by Gasteiger charge is -2.09. The second-order valence-corrected chi connectivity index (χ2v) is 3.95. The zero-order chi connectivity index (χ0) is 12.7. The average Bonchev–Trinajstić information content (AvgIpc) is 2.24. The molecule has 92 valence electrons. The average molecular weight is 224 g/mol. The van der Waals surface area contributed by atoms with Gasteiger partial charge in [0.1, 0.15) is 5.75 Å². The predicted octanol–water partition coefficient (Wildman–Crippen LogP) is 3.35. The Hall–Kier alpha value is -1.02. The lowest BCUT2D eigenvalue weighted by atomic mass is 10.0. The Morgan fingerprint density at radius 3 is 2.12 bits per heavy atom. The first kappa shape index (κ1) is 15.0. The molecule has 0 spiro atoms. The molecule has 0 aliphatic rings. The number of aliphatic hydroxyl groups excluding tert-OH is 1. The first-order chi connectivity index (χ1) is 7.50. The van der Waals surface area contributed by atoms with E-state index in [0.29, 0.717) is 12.2 Å². The van der Waals surface area contributed by atoms with Gasteiger partial charge in [0.15, 0.2) is 0 Å². The highest BCUT2D eigenvalue weighted by molar-refractivity contribution is 5.40. The van der Waals surface area contributed by atoms with Crippen molar-refractivity contribution < 1.29 is 10.2 Å². The number of aromatic hydroxyl groups is 1. The quantitative estimate of drug-likeness (QED) is 0.826. The Bertz CT molecular complexity index is 317. The summed E-state index contributed by atoms with van der Waals surface area (Å²) in [5.41, 5.74) is 3.21. The van der Waals surface area contributed by atoms with E-state index in [1.54, 1.807) is 13.0 Å². The van der Waals surface area contributed by atoms with Gasteiger partial charge in [-0.25, -0.2) is 0 Å². The van der Waals surface area contributed by atoms with Gasteiger partial charge in [0.2, 0.25) is 0 Å². The van der Waals surface area contributed by atoms with Gasteiger partial charge in [0.05, 0.1) is 6.10 Å². The van der Waals surface area contributed by atoms with Crippen molar-refractivity contribution in [3.05, 3.63) is 28.8 Å². The van der Waals surface area contributed by atoms with Crippen LogP contribution in [0.15, 0.2) is 12.1 Å². The van der Waals surface area contributed by atoms with Crippen molar-refractivity contribution >= 4 is 0 Å². The normalized spacial score (nSPS) is 11.6. The lowest BCUT2D eigenvalue weighted by molar-refractivity contribution is 0.184. The molecular formula is C14H24O2. The van der Waals surface area contributed by atoms with E-state index in [1.807, 2.05) is 33.8 Å². The second kappa shape index (κ2) is 7.29. The van der Waals surface area contributed by atoms with Crippen molar-refractivity contribution in [1.82, 2.24) is 0 Å². The van der Waals surface area contributed by atoms with E-state index in [2.05, 4.69) is 0 Å². The van der Waals surface area contributed by atoms with Crippen LogP contribution < -0.4 is 0 Å². The summed E-state index contributed by atoms with van der Waals surface area (Å²) >= 11 is 0. The molecule has 0 aliphatic carbocycles. The first-order valence-corrected chi connectivity index (χ1v) is 5.98. The minimum Gasteiger partial charge on any atom is -0.508 e. The molecule has 0 saturated heterocycles. The van der Waals surface area contributed by atoms with E-state index in [9.17, 15) is 5.11 Å². The summed E-state index contributed by atoms with van der Waals surface area (Å²) in [5, 5.41) is 18.8. The highest BCUT2D eigenvalue weighted by Gasteiger charge is 2.05. The molecule has 0 aromatic heterocycles. The van der Waals surface area contributed by atoms with Crippen molar-refractivity contribution in [2.24, 2.45) is 0 Å². The molecule has 0 heterocycles. The van der Waals surface area contributed by atoms with Crippen LogP contribution in [0.25, 0.3) is 0 Å². The van der Waals surface area contributed by atoms with E-state index in [-0.39, 0.29) is 6.10 Å². The Morgan fingerprint density at radius 2 is 1.62 bits per heavy atom. The van der Waals surface area contributed by atoms with E-state index < -0.39 is 0 Å². The van der Waals surface area contributed by atoms with Crippen LogP contribution >= 0.6 is 0 Å². The van der Waals surface area contributed by atoms with Gasteiger partial charge in [0, 0.05) is 0 Å². The third kappa shape index (κ3) is 4.67. The minimum atomic E-state index is -0.309. The standard InChI is InChI=1S/C12H18O2.C2H6/c1-8-6-11(5-4-10(3)13)12(14)7-9(8)2;1-2/h6-7,10,13-14H,4-5H2,1-3H3;1-2H3. The van der Waals surface area contributed by atoms with Crippen LogP contribution in [0.3, 0.4) is 0 Å². The number of hydrogen-bond acceptors (Lipinski definition) is 2. The van der Waals surface area contributed by atoms with Gasteiger partial charge in [-0.3, -0.25) is 0 Å². The molecule has 2 heteroatoms. The lowest BCUT2D eigenvalue weighted by Crippen LogP contribution is -2.02. The van der Waals surface area contributed by atoms with E-state index in [1.165, 1.54) is 5.56 Å². The van der Waals surface area contributed by atoms with Crippen molar-refractivity contribution in [2.75, 3.05) is 0 Å². The maximum atomic E-state index is 9.65. The predicted molar refractivity (Wildman–Crippen MR) is 68.9 cm³/mol. The molecule has 1 aromatic rings. The summed E-state index contributed by atoms with van der Waals surface area (Å²) < 4.78 is 0. The molecule has 0 bridgehead atoms. The van der Waals surface area contributed by atoms with Crippen molar-refractivity contribution in [3.8, 4) is 5.75 Å². The van der Waals surface area contributed by atoms with Crippen molar-refractivity contribution in [3.63, 3.8) is 0 Å². The molecule has 1 unspecified atom stereocenters. The molecule has 1 aromatic carbocycles. The number of aryl methyl sites for hydroxylation is 3. The molecule has 2 N–H and O–H groups in total. The van der Waals surface area contributed by atoms with Crippen LogP contribution in [0.2, 0.25) is 0 Å². The molecule has 1 atom stereocenters. The molecule has 0 radical (unpaired) electrons. The summed E-state index contributed by atoms with van der Waals surface area (Å²) in [4.78, 5) is 0. The van der Waals surface area contributed by atoms with Gasteiger partial charge in [-0.2, -0.15) is 0 Å². The fourth-order valence-corrected chi connectivity index (χ4v) is 1.43. The molecule has 0 fully saturated rings. The number of benzene rings is 1.